The van der Waals surface area contributed by atoms with Crippen molar-refractivity contribution in [2.24, 2.45) is 0 Å². The molecule has 1 saturated heterocycles. The summed E-state index contributed by atoms with van der Waals surface area (Å²) in [6, 6.07) is 5.61. The van der Waals surface area contributed by atoms with Crippen LogP contribution in [-0.4, -0.2) is 35.0 Å². The minimum Gasteiger partial charge on any atom is -0.477 e. The number of fused-ring (bicyclic) bond motifs is 1. The number of aromatic nitrogens is 1. The van der Waals surface area contributed by atoms with E-state index < -0.39 is 6.10 Å². The molecule has 0 N–H and O–H groups in total. The molecule has 2 heterocycles. The number of benzene rings is 1. The van der Waals surface area contributed by atoms with E-state index in [0.717, 1.165) is 34.9 Å². The quantitative estimate of drug-likeness (QED) is 0.628. The van der Waals surface area contributed by atoms with Crippen LogP contribution in [0.1, 0.15) is 32.6 Å². The van der Waals surface area contributed by atoms with Crippen molar-refractivity contribution in [2.45, 2.75) is 38.7 Å². The lowest BCUT2D eigenvalue weighted by Crippen LogP contribution is -2.41. The summed E-state index contributed by atoms with van der Waals surface area (Å²) in [4.78, 5) is 19.1. The van der Waals surface area contributed by atoms with Gasteiger partial charge < -0.3 is 9.64 Å². The zero-order chi connectivity index (χ0) is 17.1. The largest absolute Gasteiger partial charge is 0.477 e. The molecule has 1 aliphatic rings. The second-order valence-electron chi connectivity index (χ2n) is 6.07. The summed E-state index contributed by atoms with van der Waals surface area (Å²) in [7, 11) is 0. The Morgan fingerprint density at radius 1 is 1.33 bits per heavy atom. The van der Waals surface area contributed by atoms with Crippen molar-refractivity contribution in [1.82, 2.24) is 9.88 Å². The van der Waals surface area contributed by atoms with Crippen LogP contribution in [0.2, 0.25) is 5.02 Å². The van der Waals surface area contributed by atoms with Gasteiger partial charge in [0, 0.05) is 24.7 Å². The Balaban J connectivity index is 1.85. The highest BCUT2D eigenvalue weighted by molar-refractivity contribution is 14.1. The fraction of sp³-hybridized carbons (Fsp3) is 0.444. The van der Waals surface area contributed by atoms with Gasteiger partial charge in [0.1, 0.15) is 5.52 Å². The first-order valence-corrected chi connectivity index (χ1v) is 9.72. The van der Waals surface area contributed by atoms with Gasteiger partial charge in [-0.2, -0.15) is 0 Å². The molecule has 4 nitrogen and oxygen atoms in total. The number of likely N-dealkylation sites (tertiary alicyclic amines) is 1. The molecule has 0 radical (unpaired) electrons. The number of nitrogens with zero attached hydrogens (tertiary/aromatic N) is 2. The summed E-state index contributed by atoms with van der Waals surface area (Å²) in [5.41, 5.74) is 0.699. The zero-order valence-corrected chi connectivity index (χ0v) is 16.5. The third-order valence-electron chi connectivity index (χ3n) is 4.31. The van der Waals surface area contributed by atoms with E-state index in [1.54, 1.807) is 6.20 Å². The lowest BCUT2D eigenvalue weighted by molar-refractivity contribution is -0.137. The van der Waals surface area contributed by atoms with Crippen LogP contribution in [-0.2, 0) is 4.79 Å². The van der Waals surface area contributed by atoms with Gasteiger partial charge in [0.15, 0.2) is 11.9 Å². The van der Waals surface area contributed by atoms with Crippen LogP contribution < -0.4 is 4.74 Å². The molecule has 3 rings (SSSR count). The van der Waals surface area contributed by atoms with Crippen molar-refractivity contribution < 1.29 is 9.53 Å². The Bertz CT molecular complexity index is 745. The predicted octanol–water partition coefficient (Wildman–Crippen LogP) is 4.66. The van der Waals surface area contributed by atoms with Crippen LogP contribution in [0.5, 0.6) is 5.75 Å². The maximum Gasteiger partial charge on any atom is 0.263 e. The van der Waals surface area contributed by atoms with Crippen LogP contribution >= 0.6 is 34.2 Å². The minimum atomic E-state index is -0.539. The van der Waals surface area contributed by atoms with Gasteiger partial charge in [-0.1, -0.05) is 24.4 Å². The summed E-state index contributed by atoms with van der Waals surface area (Å²) < 4.78 is 6.91. The molecule has 1 aromatic heterocycles. The number of pyridine rings is 1. The van der Waals surface area contributed by atoms with Gasteiger partial charge in [-0.05, 0) is 60.6 Å². The number of hydrogen-bond donors (Lipinski definition) is 0. The molecular formula is C18H20ClIN2O2. The van der Waals surface area contributed by atoms with E-state index in [0.29, 0.717) is 16.3 Å². The molecule has 24 heavy (non-hydrogen) atoms. The van der Waals surface area contributed by atoms with E-state index in [1.807, 2.05) is 30.0 Å². The van der Waals surface area contributed by atoms with Gasteiger partial charge in [-0.25, -0.2) is 0 Å². The summed E-state index contributed by atoms with van der Waals surface area (Å²) in [5.74, 6) is 0.679. The van der Waals surface area contributed by atoms with Crippen molar-refractivity contribution in [3.8, 4) is 5.75 Å². The highest BCUT2D eigenvalue weighted by Gasteiger charge is 2.24. The summed E-state index contributed by atoms with van der Waals surface area (Å²) in [6.45, 7) is 3.46. The second kappa shape index (κ2) is 7.87. The SMILES string of the molecule is C[C@@H](Oc1c(I)cc(Cl)c2cccnc12)C(=O)N1CCCCCC1. The van der Waals surface area contributed by atoms with Gasteiger partial charge >= 0.3 is 0 Å². The Morgan fingerprint density at radius 3 is 2.75 bits per heavy atom. The van der Waals surface area contributed by atoms with Crippen molar-refractivity contribution >= 4 is 51.0 Å². The number of rotatable bonds is 3. The van der Waals surface area contributed by atoms with Crippen LogP contribution in [0.25, 0.3) is 10.9 Å². The van der Waals surface area contributed by atoms with Gasteiger partial charge in [-0.15, -0.1) is 0 Å². The Kier molecular flexibility index (Phi) is 5.81. The number of amides is 1. The molecule has 6 heteroatoms. The molecule has 0 unspecified atom stereocenters. The maximum absolute atomic E-state index is 12.7. The normalized spacial score (nSPS) is 16.7. The fourth-order valence-corrected chi connectivity index (χ4v) is 4.17. The minimum absolute atomic E-state index is 0.0479. The van der Waals surface area contributed by atoms with E-state index in [4.69, 9.17) is 16.3 Å². The van der Waals surface area contributed by atoms with Crippen molar-refractivity contribution in [3.63, 3.8) is 0 Å². The lowest BCUT2D eigenvalue weighted by Gasteiger charge is -2.25. The van der Waals surface area contributed by atoms with E-state index >= 15 is 0 Å². The van der Waals surface area contributed by atoms with E-state index in [9.17, 15) is 4.79 Å². The third kappa shape index (κ3) is 3.77. The van der Waals surface area contributed by atoms with Gasteiger partial charge in [0.2, 0.25) is 0 Å². The van der Waals surface area contributed by atoms with E-state index in [2.05, 4.69) is 27.6 Å². The summed E-state index contributed by atoms with van der Waals surface area (Å²) >= 11 is 8.47. The number of carbonyl (C=O) groups excluding carboxylic acids is 1. The molecule has 0 aliphatic carbocycles. The topological polar surface area (TPSA) is 42.4 Å². The van der Waals surface area contributed by atoms with Crippen LogP contribution in [0.15, 0.2) is 24.4 Å². The number of ether oxygens (including phenoxy) is 1. The van der Waals surface area contributed by atoms with E-state index in [1.165, 1.54) is 12.8 Å². The van der Waals surface area contributed by atoms with Crippen LogP contribution in [0, 0.1) is 3.57 Å². The van der Waals surface area contributed by atoms with Gasteiger partial charge in [0.25, 0.3) is 5.91 Å². The van der Waals surface area contributed by atoms with Crippen molar-refractivity contribution in [3.05, 3.63) is 33.0 Å². The Morgan fingerprint density at radius 2 is 2.04 bits per heavy atom. The highest BCUT2D eigenvalue weighted by atomic mass is 127. The Hall–Kier alpha value is -1.08. The summed E-state index contributed by atoms with van der Waals surface area (Å²) in [6.07, 6.45) is 5.71. The molecule has 1 fully saturated rings. The number of carbonyl (C=O) groups is 1. The van der Waals surface area contributed by atoms with E-state index in [-0.39, 0.29) is 5.91 Å². The first kappa shape index (κ1) is 17.7. The summed E-state index contributed by atoms with van der Waals surface area (Å²) in [5, 5.41) is 1.48. The van der Waals surface area contributed by atoms with Crippen LogP contribution in [0.4, 0.5) is 0 Å². The monoisotopic (exact) mass is 458 g/mol. The molecule has 0 spiro atoms. The highest BCUT2D eigenvalue weighted by Crippen LogP contribution is 2.35. The average molecular weight is 459 g/mol. The Labute approximate surface area is 160 Å². The van der Waals surface area contributed by atoms with Crippen LogP contribution in [0.3, 0.4) is 0 Å². The lowest BCUT2D eigenvalue weighted by atomic mass is 10.2. The molecule has 1 aromatic carbocycles. The zero-order valence-electron chi connectivity index (χ0n) is 13.6. The van der Waals surface area contributed by atoms with Gasteiger partial charge in [-0.3, -0.25) is 9.78 Å². The standard InChI is InChI=1S/C18H20ClIN2O2/c1-12(18(23)22-9-4-2-3-5-10-22)24-17-15(20)11-14(19)13-7-6-8-21-16(13)17/h6-8,11-12H,2-5,9-10H2,1H3/t12-/m1/s1. The molecule has 128 valence electrons. The van der Waals surface area contributed by atoms with Gasteiger partial charge in [0.05, 0.1) is 8.59 Å². The molecule has 0 bridgehead atoms. The second-order valence-corrected chi connectivity index (χ2v) is 7.64. The molecule has 0 saturated carbocycles. The molecular weight excluding hydrogens is 439 g/mol. The smallest absolute Gasteiger partial charge is 0.263 e. The van der Waals surface area contributed by atoms with Crippen molar-refractivity contribution in [1.29, 1.82) is 0 Å². The average Bonchev–Trinajstić information content (AvgIpc) is 2.87. The third-order valence-corrected chi connectivity index (χ3v) is 5.42. The molecule has 2 aromatic rings. The predicted molar refractivity (Wildman–Crippen MR) is 105 cm³/mol. The first-order chi connectivity index (χ1) is 11.6. The number of hydrogen-bond acceptors (Lipinski definition) is 3. The molecule has 1 atom stereocenters. The maximum atomic E-state index is 12.7. The molecule has 1 aliphatic heterocycles. The number of halogens is 2. The van der Waals surface area contributed by atoms with Crippen molar-refractivity contribution in [2.75, 3.05) is 13.1 Å². The molecule has 1 amide bonds. The first-order valence-electron chi connectivity index (χ1n) is 8.26. The fourth-order valence-electron chi connectivity index (χ4n) is 3.03.